The molecule has 2 aromatic heterocycles. The third-order valence-corrected chi connectivity index (χ3v) is 3.37. The topological polar surface area (TPSA) is 24.9 Å². The molecule has 2 rings (SSSR count). The Morgan fingerprint density at radius 1 is 1.38 bits per heavy atom. The van der Waals surface area contributed by atoms with Crippen molar-refractivity contribution in [2.45, 2.75) is 20.0 Å². The third-order valence-electron chi connectivity index (χ3n) is 2.34. The first kappa shape index (κ1) is 11.2. The summed E-state index contributed by atoms with van der Waals surface area (Å²) in [5.41, 5.74) is 2.17. The lowest BCUT2D eigenvalue weighted by molar-refractivity contribution is 0.613. The minimum Gasteiger partial charge on any atom is -0.308 e. The number of thiophene rings is 1. The number of rotatable bonds is 4. The van der Waals surface area contributed by atoms with Gasteiger partial charge in [0, 0.05) is 24.2 Å². The second-order valence-electron chi connectivity index (χ2n) is 3.64. The van der Waals surface area contributed by atoms with Crippen molar-refractivity contribution in [1.29, 1.82) is 0 Å². The van der Waals surface area contributed by atoms with Crippen LogP contribution in [0, 0.1) is 12.7 Å². The molecule has 0 atom stereocenters. The molecule has 0 bridgehead atoms. The summed E-state index contributed by atoms with van der Waals surface area (Å²) in [5, 5.41) is 5.36. The summed E-state index contributed by atoms with van der Waals surface area (Å²) in [6.45, 7) is 3.55. The average molecular weight is 236 g/mol. The number of halogens is 1. The second-order valence-corrected chi connectivity index (χ2v) is 4.64. The predicted molar refractivity (Wildman–Crippen MR) is 63.8 cm³/mol. The Bertz CT molecular complexity index is 468. The zero-order valence-electron chi connectivity index (χ0n) is 9.03. The molecule has 2 aromatic rings. The van der Waals surface area contributed by atoms with Crippen LogP contribution in [0.2, 0.25) is 0 Å². The number of aryl methyl sites for hydroxylation is 1. The third kappa shape index (κ3) is 2.87. The molecule has 0 aliphatic rings. The zero-order chi connectivity index (χ0) is 11.4. The molecular weight excluding hydrogens is 223 g/mol. The highest BCUT2D eigenvalue weighted by Crippen LogP contribution is 2.15. The number of hydrogen-bond acceptors (Lipinski definition) is 3. The molecule has 0 fully saturated rings. The summed E-state index contributed by atoms with van der Waals surface area (Å²) in [5.74, 6) is -0.286. The van der Waals surface area contributed by atoms with Crippen LogP contribution < -0.4 is 5.32 Å². The fourth-order valence-electron chi connectivity index (χ4n) is 1.46. The SMILES string of the molecule is Cc1ccsc1CNCc1cncc(F)c1. The Morgan fingerprint density at radius 3 is 2.94 bits per heavy atom. The van der Waals surface area contributed by atoms with Crippen LogP contribution in [0.25, 0.3) is 0 Å². The number of hydrogen-bond donors (Lipinski definition) is 1. The number of pyridine rings is 1. The summed E-state index contributed by atoms with van der Waals surface area (Å²) in [6.07, 6.45) is 2.89. The Morgan fingerprint density at radius 2 is 2.25 bits per heavy atom. The maximum atomic E-state index is 12.8. The lowest BCUT2D eigenvalue weighted by Gasteiger charge is -2.04. The van der Waals surface area contributed by atoms with Gasteiger partial charge >= 0.3 is 0 Å². The molecule has 1 N–H and O–H groups in total. The molecule has 0 saturated carbocycles. The van der Waals surface area contributed by atoms with Crippen molar-refractivity contribution < 1.29 is 4.39 Å². The molecule has 0 radical (unpaired) electrons. The van der Waals surface area contributed by atoms with E-state index in [2.05, 4.69) is 28.7 Å². The fraction of sp³-hybridized carbons (Fsp3) is 0.250. The highest BCUT2D eigenvalue weighted by Gasteiger charge is 2.00. The van der Waals surface area contributed by atoms with Crippen LogP contribution in [0.3, 0.4) is 0 Å². The van der Waals surface area contributed by atoms with Gasteiger partial charge in [0.25, 0.3) is 0 Å². The van der Waals surface area contributed by atoms with Crippen LogP contribution in [0.15, 0.2) is 29.9 Å². The first-order valence-electron chi connectivity index (χ1n) is 5.09. The fourth-order valence-corrected chi connectivity index (χ4v) is 2.33. The lowest BCUT2D eigenvalue weighted by atomic mass is 10.2. The molecule has 0 aliphatic carbocycles. The molecule has 84 valence electrons. The number of aromatic nitrogens is 1. The average Bonchev–Trinajstić information content (AvgIpc) is 2.65. The molecule has 16 heavy (non-hydrogen) atoms. The van der Waals surface area contributed by atoms with Gasteiger partial charge in [-0.25, -0.2) is 4.39 Å². The van der Waals surface area contributed by atoms with Crippen molar-refractivity contribution in [3.05, 3.63) is 51.7 Å². The van der Waals surface area contributed by atoms with Gasteiger partial charge in [-0.1, -0.05) is 0 Å². The van der Waals surface area contributed by atoms with E-state index in [1.807, 2.05) is 0 Å². The van der Waals surface area contributed by atoms with Crippen LogP contribution in [0.5, 0.6) is 0 Å². The molecule has 0 spiro atoms. The van der Waals surface area contributed by atoms with E-state index >= 15 is 0 Å². The molecule has 0 aromatic carbocycles. The van der Waals surface area contributed by atoms with Crippen LogP contribution >= 0.6 is 11.3 Å². The normalized spacial score (nSPS) is 10.6. The number of nitrogens with one attached hydrogen (secondary N) is 1. The lowest BCUT2D eigenvalue weighted by Crippen LogP contribution is -2.12. The van der Waals surface area contributed by atoms with Crippen LogP contribution in [-0.4, -0.2) is 4.98 Å². The van der Waals surface area contributed by atoms with E-state index in [-0.39, 0.29) is 5.82 Å². The van der Waals surface area contributed by atoms with Crippen molar-refractivity contribution in [2.24, 2.45) is 0 Å². The van der Waals surface area contributed by atoms with E-state index in [0.717, 1.165) is 12.1 Å². The smallest absolute Gasteiger partial charge is 0.141 e. The summed E-state index contributed by atoms with van der Waals surface area (Å²) in [7, 11) is 0. The summed E-state index contributed by atoms with van der Waals surface area (Å²) >= 11 is 1.74. The highest BCUT2D eigenvalue weighted by atomic mass is 32.1. The summed E-state index contributed by atoms with van der Waals surface area (Å²) in [6, 6.07) is 3.60. The van der Waals surface area contributed by atoms with Crippen LogP contribution in [0.1, 0.15) is 16.0 Å². The van der Waals surface area contributed by atoms with Gasteiger partial charge in [0.2, 0.25) is 0 Å². The Labute approximate surface area is 98.2 Å². The van der Waals surface area contributed by atoms with E-state index < -0.39 is 0 Å². The van der Waals surface area contributed by atoms with Crippen molar-refractivity contribution in [3.63, 3.8) is 0 Å². The second kappa shape index (κ2) is 5.18. The van der Waals surface area contributed by atoms with Gasteiger partial charge < -0.3 is 5.32 Å². The molecule has 0 amide bonds. The standard InChI is InChI=1S/C12H13FN2S/c1-9-2-3-16-12(9)8-15-6-10-4-11(13)7-14-5-10/h2-5,7,15H,6,8H2,1H3. The number of nitrogens with zero attached hydrogens (tertiary/aromatic N) is 1. The molecule has 2 heterocycles. The minimum absolute atomic E-state index is 0.286. The van der Waals surface area contributed by atoms with E-state index in [1.165, 1.54) is 22.7 Å². The van der Waals surface area contributed by atoms with Gasteiger partial charge in [0.05, 0.1) is 6.20 Å². The van der Waals surface area contributed by atoms with Crippen molar-refractivity contribution in [1.82, 2.24) is 10.3 Å². The van der Waals surface area contributed by atoms with Crippen molar-refractivity contribution in [3.8, 4) is 0 Å². The van der Waals surface area contributed by atoms with Gasteiger partial charge in [-0.05, 0) is 35.6 Å². The maximum absolute atomic E-state index is 12.8. The van der Waals surface area contributed by atoms with Gasteiger partial charge in [0.15, 0.2) is 0 Å². The van der Waals surface area contributed by atoms with Gasteiger partial charge in [0.1, 0.15) is 5.82 Å². The summed E-state index contributed by atoms with van der Waals surface area (Å²) in [4.78, 5) is 5.13. The Hall–Kier alpha value is -1.26. The largest absolute Gasteiger partial charge is 0.308 e. The molecule has 0 aliphatic heterocycles. The monoisotopic (exact) mass is 236 g/mol. The highest BCUT2D eigenvalue weighted by molar-refractivity contribution is 7.10. The van der Waals surface area contributed by atoms with E-state index in [9.17, 15) is 4.39 Å². The molecule has 0 saturated heterocycles. The van der Waals surface area contributed by atoms with Crippen molar-refractivity contribution in [2.75, 3.05) is 0 Å². The van der Waals surface area contributed by atoms with Crippen LogP contribution in [0.4, 0.5) is 4.39 Å². The van der Waals surface area contributed by atoms with Gasteiger partial charge in [-0.15, -0.1) is 11.3 Å². The van der Waals surface area contributed by atoms with Crippen LogP contribution in [-0.2, 0) is 13.1 Å². The van der Waals surface area contributed by atoms with Gasteiger partial charge in [-0.2, -0.15) is 0 Å². The van der Waals surface area contributed by atoms with Gasteiger partial charge in [-0.3, -0.25) is 4.98 Å². The first-order chi connectivity index (χ1) is 7.75. The zero-order valence-corrected chi connectivity index (χ0v) is 9.85. The molecular formula is C12H13FN2S. The molecule has 4 heteroatoms. The van der Waals surface area contributed by atoms with E-state index in [1.54, 1.807) is 17.5 Å². The van der Waals surface area contributed by atoms with E-state index in [0.29, 0.717) is 6.54 Å². The first-order valence-corrected chi connectivity index (χ1v) is 5.97. The van der Waals surface area contributed by atoms with Crippen molar-refractivity contribution >= 4 is 11.3 Å². The molecule has 2 nitrogen and oxygen atoms in total. The quantitative estimate of drug-likeness (QED) is 0.883. The summed E-state index contributed by atoms with van der Waals surface area (Å²) < 4.78 is 12.8. The van der Waals surface area contributed by atoms with E-state index in [4.69, 9.17) is 0 Å². The molecule has 0 unspecified atom stereocenters. The predicted octanol–water partition coefficient (Wildman–Crippen LogP) is 2.88. The maximum Gasteiger partial charge on any atom is 0.141 e. The minimum atomic E-state index is -0.286. The Balaban J connectivity index is 1.87. The Kier molecular flexibility index (Phi) is 3.64.